The van der Waals surface area contributed by atoms with E-state index in [-0.39, 0.29) is 5.78 Å². The second-order valence-corrected chi connectivity index (χ2v) is 5.01. The molecule has 0 saturated carbocycles. The maximum Gasteiger partial charge on any atom is 0.203 e. The van der Waals surface area contributed by atoms with Crippen LogP contribution in [0.3, 0.4) is 0 Å². The lowest BCUT2D eigenvalue weighted by Gasteiger charge is -2.15. The van der Waals surface area contributed by atoms with Gasteiger partial charge in [-0.25, -0.2) is 0 Å². The van der Waals surface area contributed by atoms with Crippen LogP contribution < -0.4 is 10.5 Å². The molecule has 104 valence electrons. The van der Waals surface area contributed by atoms with Crippen molar-refractivity contribution in [1.29, 1.82) is 0 Å². The fourth-order valence-electron chi connectivity index (χ4n) is 2.02. The first-order valence-electron chi connectivity index (χ1n) is 6.61. The largest absolute Gasteiger partial charge is 0.483 e. The van der Waals surface area contributed by atoms with Gasteiger partial charge < -0.3 is 10.5 Å². The fourth-order valence-corrected chi connectivity index (χ4v) is 2.02. The Morgan fingerprint density at radius 2 is 1.75 bits per heavy atom. The van der Waals surface area contributed by atoms with E-state index in [1.54, 1.807) is 31.2 Å². The molecule has 0 spiro atoms. The Balaban J connectivity index is 2.16. The Labute approximate surface area is 119 Å². The minimum absolute atomic E-state index is 0.0111. The van der Waals surface area contributed by atoms with Crippen LogP contribution >= 0.6 is 0 Å². The zero-order valence-corrected chi connectivity index (χ0v) is 12.0. The number of benzene rings is 2. The molecule has 0 aliphatic heterocycles. The minimum atomic E-state index is -0.529. The lowest BCUT2D eigenvalue weighted by molar-refractivity contribution is 0.0817. The van der Waals surface area contributed by atoms with Crippen molar-refractivity contribution in [2.24, 2.45) is 0 Å². The predicted molar refractivity (Wildman–Crippen MR) is 81.2 cm³/mol. The quantitative estimate of drug-likeness (QED) is 0.682. The average Bonchev–Trinajstić information content (AvgIpc) is 2.43. The number of Topliss-reactive ketones (excluding diaryl/α,β-unsaturated/α-hetero) is 1. The van der Waals surface area contributed by atoms with Crippen LogP contribution in [0.4, 0.5) is 5.69 Å². The summed E-state index contributed by atoms with van der Waals surface area (Å²) in [5.74, 6) is 0.633. The minimum Gasteiger partial charge on any atom is -0.483 e. The summed E-state index contributed by atoms with van der Waals surface area (Å²) >= 11 is 0. The lowest BCUT2D eigenvalue weighted by atomic mass is 9.99. The van der Waals surface area contributed by atoms with E-state index in [4.69, 9.17) is 10.5 Å². The lowest BCUT2D eigenvalue weighted by Crippen LogP contribution is -2.24. The van der Waals surface area contributed by atoms with Gasteiger partial charge in [0.25, 0.3) is 0 Å². The summed E-state index contributed by atoms with van der Waals surface area (Å²) in [4.78, 5) is 12.4. The summed E-state index contributed by atoms with van der Waals surface area (Å²) in [5.41, 5.74) is 9.04. The molecule has 2 aromatic rings. The highest BCUT2D eigenvalue weighted by Gasteiger charge is 2.18. The molecule has 1 atom stereocenters. The number of carbonyl (C=O) groups is 1. The summed E-state index contributed by atoms with van der Waals surface area (Å²) in [6, 6.07) is 12.9. The monoisotopic (exact) mass is 269 g/mol. The van der Waals surface area contributed by atoms with Crippen molar-refractivity contribution in [2.75, 3.05) is 5.73 Å². The second kappa shape index (κ2) is 5.78. The van der Waals surface area contributed by atoms with Gasteiger partial charge in [0.1, 0.15) is 5.75 Å². The molecule has 2 aromatic carbocycles. The molecule has 20 heavy (non-hydrogen) atoms. The van der Waals surface area contributed by atoms with Crippen LogP contribution in [0.5, 0.6) is 5.75 Å². The van der Waals surface area contributed by atoms with Crippen molar-refractivity contribution in [1.82, 2.24) is 0 Å². The standard InChI is InChI=1S/C17H19NO2/c1-11-4-5-12(2)16(10-11)17(19)13(3)20-15-8-6-14(18)7-9-15/h4-10,13H,18H2,1-3H3. The molecule has 2 rings (SSSR count). The van der Waals surface area contributed by atoms with Crippen LogP contribution in [-0.4, -0.2) is 11.9 Å². The average molecular weight is 269 g/mol. The third kappa shape index (κ3) is 3.18. The SMILES string of the molecule is Cc1ccc(C)c(C(=O)C(C)Oc2ccc(N)cc2)c1. The van der Waals surface area contributed by atoms with E-state index in [0.717, 1.165) is 11.1 Å². The van der Waals surface area contributed by atoms with Crippen molar-refractivity contribution in [3.63, 3.8) is 0 Å². The van der Waals surface area contributed by atoms with E-state index in [1.165, 1.54) is 0 Å². The molecular weight excluding hydrogens is 250 g/mol. The molecule has 0 amide bonds. The number of rotatable bonds is 4. The number of nitrogen functional groups attached to an aromatic ring is 1. The molecule has 0 saturated heterocycles. The van der Waals surface area contributed by atoms with Crippen molar-refractivity contribution >= 4 is 11.5 Å². The number of ketones is 1. The maximum absolute atomic E-state index is 12.4. The number of hydrogen-bond donors (Lipinski definition) is 1. The van der Waals surface area contributed by atoms with Crippen molar-refractivity contribution in [3.05, 3.63) is 59.2 Å². The van der Waals surface area contributed by atoms with Gasteiger partial charge in [0.2, 0.25) is 5.78 Å². The highest BCUT2D eigenvalue weighted by molar-refractivity contribution is 6.00. The first-order chi connectivity index (χ1) is 9.47. The van der Waals surface area contributed by atoms with Gasteiger partial charge in [-0.15, -0.1) is 0 Å². The zero-order chi connectivity index (χ0) is 14.7. The van der Waals surface area contributed by atoms with Crippen LogP contribution in [0, 0.1) is 13.8 Å². The molecule has 0 fully saturated rings. The molecule has 0 aromatic heterocycles. The molecule has 0 aliphatic carbocycles. The Kier molecular flexibility index (Phi) is 4.08. The van der Waals surface area contributed by atoms with Crippen molar-refractivity contribution in [2.45, 2.75) is 26.9 Å². The summed E-state index contributed by atoms with van der Waals surface area (Å²) < 4.78 is 5.68. The molecule has 2 N–H and O–H groups in total. The number of nitrogens with two attached hydrogens (primary N) is 1. The Bertz CT molecular complexity index is 617. The first-order valence-corrected chi connectivity index (χ1v) is 6.61. The molecule has 3 heteroatoms. The normalized spacial score (nSPS) is 11.9. The van der Waals surface area contributed by atoms with Gasteiger partial charge in [0.15, 0.2) is 6.10 Å². The van der Waals surface area contributed by atoms with Crippen LogP contribution in [0.15, 0.2) is 42.5 Å². The number of carbonyl (C=O) groups excluding carboxylic acids is 1. The topological polar surface area (TPSA) is 52.3 Å². The van der Waals surface area contributed by atoms with E-state index in [2.05, 4.69) is 0 Å². The predicted octanol–water partition coefficient (Wildman–Crippen LogP) is 3.54. The van der Waals surface area contributed by atoms with Gasteiger partial charge in [-0.05, 0) is 56.7 Å². The fraction of sp³-hybridized carbons (Fsp3) is 0.235. The highest BCUT2D eigenvalue weighted by atomic mass is 16.5. The number of aryl methyl sites for hydroxylation is 2. The summed E-state index contributed by atoms with van der Waals surface area (Å²) in [5, 5.41) is 0. The van der Waals surface area contributed by atoms with E-state index in [0.29, 0.717) is 17.0 Å². The van der Waals surface area contributed by atoms with Gasteiger partial charge in [-0.2, -0.15) is 0 Å². The number of anilines is 1. The summed E-state index contributed by atoms with van der Waals surface area (Å²) in [7, 11) is 0. The third-order valence-corrected chi connectivity index (χ3v) is 3.22. The van der Waals surface area contributed by atoms with E-state index >= 15 is 0 Å². The number of ether oxygens (including phenoxy) is 1. The second-order valence-electron chi connectivity index (χ2n) is 5.01. The Hall–Kier alpha value is -2.29. The first kappa shape index (κ1) is 14.1. The smallest absolute Gasteiger partial charge is 0.203 e. The Morgan fingerprint density at radius 1 is 1.10 bits per heavy atom. The molecule has 1 unspecified atom stereocenters. The van der Waals surface area contributed by atoms with Gasteiger partial charge in [-0.1, -0.05) is 17.7 Å². The zero-order valence-electron chi connectivity index (χ0n) is 12.0. The van der Waals surface area contributed by atoms with Crippen LogP contribution in [0.1, 0.15) is 28.4 Å². The Morgan fingerprint density at radius 3 is 2.40 bits per heavy atom. The highest BCUT2D eigenvalue weighted by Crippen LogP contribution is 2.18. The third-order valence-electron chi connectivity index (χ3n) is 3.22. The molecular formula is C17H19NO2. The number of hydrogen-bond acceptors (Lipinski definition) is 3. The van der Waals surface area contributed by atoms with Gasteiger partial charge in [0, 0.05) is 11.3 Å². The van der Waals surface area contributed by atoms with Gasteiger partial charge >= 0.3 is 0 Å². The van der Waals surface area contributed by atoms with E-state index < -0.39 is 6.10 Å². The van der Waals surface area contributed by atoms with Crippen LogP contribution in [0.25, 0.3) is 0 Å². The van der Waals surface area contributed by atoms with Crippen molar-refractivity contribution in [3.8, 4) is 5.75 Å². The van der Waals surface area contributed by atoms with E-state index in [1.807, 2.05) is 32.0 Å². The van der Waals surface area contributed by atoms with Gasteiger partial charge in [-0.3, -0.25) is 4.79 Å². The van der Waals surface area contributed by atoms with Crippen LogP contribution in [-0.2, 0) is 0 Å². The van der Waals surface area contributed by atoms with Crippen molar-refractivity contribution < 1.29 is 9.53 Å². The molecule has 0 heterocycles. The summed E-state index contributed by atoms with van der Waals surface area (Å²) in [6.07, 6.45) is -0.529. The molecule has 0 bridgehead atoms. The summed E-state index contributed by atoms with van der Waals surface area (Å²) in [6.45, 7) is 5.67. The van der Waals surface area contributed by atoms with E-state index in [9.17, 15) is 4.79 Å². The maximum atomic E-state index is 12.4. The molecule has 0 aliphatic rings. The van der Waals surface area contributed by atoms with Crippen LogP contribution in [0.2, 0.25) is 0 Å². The van der Waals surface area contributed by atoms with Gasteiger partial charge in [0.05, 0.1) is 0 Å². The molecule has 0 radical (unpaired) electrons. The molecule has 3 nitrogen and oxygen atoms in total.